The molecule has 0 fully saturated rings. The summed E-state index contributed by atoms with van der Waals surface area (Å²) in [6.07, 6.45) is -0.819. The fraction of sp³-hybridized carbons (Fsp3) is 0.273. The zero-order valence-corrected chi connectivity index (χ0v) is 9.31. The molecule has 0 aliphatic heterocycles. The Morgan fingerprint density at radius 3 is 2.59 bits per heavy atom. The number of carbonyl (C=O) groups excluding carboxylic acids is 2. The molecule has 6 nitrogen and oxygen atoms in total. The highest BCUT2D eigenvalue weighted by molar-refractivity contribution is 5.92. The van der Waals surface area contributed by atoms with Crippen LogP contribution in [0.1, 0.15) is 0 Å². The first-order chi connectivity index (χ1) is 8.18. The highest BCUT2D eigenvalue weighted by Crippen LogP contribution is 2.03. The van der Waals surface area contributed by atoms with Crippen molar-refractivity contribution < 1.29 is 14.3 Å². The first-order valence-corrected chi connectivity index (χ1v) is 5.16. The monoisotopic (exact) mass is 237 g/mol. The van der Waals surface area contributed by atoms with Crippen molar-refractivity contribution in [2.45, 2.75) is 0 Å². The molecule has 0 heterocycles. The van der Waals surface area contributed by atoms with Gasteiger partial charge < -0.3 is 21.1 Å². The van der Waals surface area contributed by atoms with Crippen LogP contribution in [0, 0.1) is 0 Å². The van der Waals surface area contributed by atoms with Crippen LogP contribution in [-0.4, -0.2) is 31.7 Å². The van der Waals surface area contributed by atoms with E-state index in [0.29, 0.717) is 6.54 Å². The highest BCUT2D eigenvalue weighted by atomic mass is 16.5. The van der Waals surface area contributed by atoms with Gasteiger partial charge in [-0.05, 0) is 12.1 Å². The molecule has 1 aromatic rings. The number of benzene rings is 1. The number of primary amides is 1. The predicted octanol–water partition coefficient (Wildman–Crippen LogP) is 0.310. The van der Waals surface area contributed by atoms with Gasteiger partial charge in [-0.2, -0.15) is 0 Å². The third kappa shape index (κ3) is 6.16. The van der Waals surface area contributed by atoms with Crippen molar-refractivity contribution in [1.82, 2.24) is 5.32 Å². The van der Waals surface area contributed by atoms with Crippen molar-refractivity contribution in [3.8, 4) is 0 Å². The molecule has 0 radical (unpaired) electrons. The van der Waals surface area contributed by atoms with Gasteiger partial charge in [0.2, 0.25) is 5.91 Å². The second-order valence-electron chi connectivity index (χ2n) is 3.26. The van der Waals surface area contributed by atoms with E-state index in [4.69, 9.17) is 5.73 Å². The number of para-hydroxylation sites is 1. The van der Waals surface area contributed by atoms with Crippen molar-refractivity contribution >= 4 is 17.7 Å². The zero-order valence-electron chi connectivity index (χ0n) is 9.31. The lowest BCUT2D eigenvalue weighted by Gasteiger charge is -2.06. The molecule has 0 spiro atoms. The molecule has 2 amide bonds. The Hall–Kier alpha value is -2.08. The molecule has 17 heavy (non-hydrogen) atoms. The van der Waals surface area contributed by atoms with E-state index < -0.39 is 6.09 Å². The average Bonchev–Trinajstić information content (AvgIpc) is 2.29. The number of carbonyl (C=O) groups is 2. The van der Waals surface area contributed by atoms with Crippen molar-refractivity contribution in [3.63, 3.8) is 0 Å². The lowest BCUT2D eigenvalue weighted by atomic mass is 10.3. The number of hydrogen-bond donors (Lipinski definition) is 3. The van der Waals surface area contributed by atoms with Gasteiger partial charge in [0.25, 0.3) is 0 Å². The van der Waals surface area contributed by atoms with Gasteiger partial charge in [-0.1, -0.05) is 18.2 Å². The van der Waals surface area contributed by atoms with Gasteiger partial charge in [0.05, 0.1) is 6.54 Å². The van der Waals surface area contributed by atoms with E-state index in [2.05, 4.69) is 15.4 Å². The smallest absolute Gasteiger partial charge is 0.404 e. The number of nitrogens with one attached hydrogen (secondary N) is 2. The van der Waals surface area contributed by atoms with Crippen LogP contribution in [0.5, 0.6) is 0 Å². The summed E-state index contributed by atoms with van der Waals surface area (Å²) in [5, 5.41) is 5.52. The fourth-order valence-electron chi connectivity index (χ4n) is 1.15. The van der Waals surface area contributed by atoms with Crippen molar-refractivity contribution in [2.24, 2.45) is 5.73 Å². The van der Waals surface area contributed by atoms with Crippen LogP contribution in [-0.2, 0) is 9.53 Å². The first-order valence-electron chi connectivity index (χ1n) is 5.16. The Morgan fingerprint density at radius 2 is 1.94 bits per heavy atom. The predicted molar refractivity (Wildman–Crippen MR) is 63.5 cm³/mol. The maximum atomic E-state index is 11.4. The average molecular weight is 237 g/mol. The number of ether oxygens (including phenoxy) is 1. The highest BCUT2D eigenvalue weighted by Gasteiger charge is 2.01. The van der Waals surface area contributed by atoms with Crippen LogP contribution in [0.25, 0.3) is 0 Å². The molecule has 0 aliphatic rings. The van der Waals surface area contributed by atoms with E-state index >= 15 is 0 Å². The van der Waals surface area contributed by atoms with Gasteiger partial charge in [0.15, 0.2) is 0 Å². The summed E-state index contributed by atoms with van der Waals surface area (Å²) in [5.74, 6) is -0.157. The zero-order chi connectivity index (χ0) is 12.5. The van der Waals surface area contributed by atoms with Crippen molar-refractivity contribution in [2.75, 3.05) is 25.0 Å². The second kappa shape index (κ2) is 7.24. The van der Waals surface area contributed by atoms with Gasteiger partial charge in [-0.3, -0.25) is 4.79 Å². The van der Waals surface area contributed by atoms with Crippen LogP contribution in [0.2, 0.25) is 0 Å². The third-order valence-corrected chi connectivity index (χ3v) is 1.87. The molecule has 0 bridgehead atoms. The summed E-state index contributed by atoms with van der Waals surface area (Å²) in [6, 6.07) is 9.14. The summed E-state index contributed by atoms with van der Waals surface area (Å²) in [6.45, 7) is 0.677. The maximum Gasteiger partial charge on any atom is 0.404 e. The van der Waals surface area contributed by atoms with Gasteiger partial charge >= 0.3 is 6.09 Å². The summed E-state index contributed by atoms with van der Waals surface area (Å²) in [4.78, 5) is 21.6. The summed E-state index contributed by atoms with van der Waals surface area (Å²) in [7, 11) is 0. The molecule has 92 valence electrons. The number of nitrogens with two attached hydrogens (primary N) is 1. The van der Waals surface area contributed by atoms with Crippen LogP contribution >= 0.6 is 0 Å². The van der Waals surface area contributed by atoms with Crippen LogP contribution in [0.3, 0.4) is 0 Å². The Morgan fingerprint density at radius 1 is 1.24 bits per heavy atom. The number of hydrogen-bond acceptors (Lipinski definition) is 4. The number of anilines is 1. The Labute approximate surface area is 99.1 Å². The fourth-order valence-corrected chi connectivity index (χ4v) is 1.15. The van der Waals surface area contributed by atoms with Crippen LogP contribution < -0.4 is 16.4 Å². The topological polar surface area (TPSA) is 93.5 Å². The molecular weight excluding hydrogens is 222 g/mol. The van der Waals surface area contributed by atoms with E-state index in [0.717, 1.165) is 5.69 Å². The molecule has 1 aromatic carbocycles. The van der Waals surface area contributed by atoms with Gasteiger partial charge in [-0.15, -0.1) is 0 Å². The Kier molecular flexibility index (Phi) is 5.53. The molecule has 0 aliphatic carbocycles. The molecule has 1 rings (SSSR count). The lowest BCUT2D eigenvalue weighted by Crippen LogP contribution is -2.31. The summed E-state index contributed by atoms with van der Waals surface area (Å²) >= 11 is 0. The SMILES string of the molecule is NC(=O)OCCNCC(=O)Nc1ccccc1. The van der Waals surface area contributed by atoms with E-state index in [1.807, 2.05) is 18.2 Å². The maximum absolute atomic E-state index is 11.4. The quantitative estimate of drug-likeness (QED) is 0.621. The molecule has 0 aromatic heterocycles. The molecule has 0 atom stereocenters. The van der Waals surface area contributed by atoms with Crippen LogP contribution in [0.4, 0.5) is 10.5 Å². The normalized spacial score (nSPS) is 9.65. The van der Waals surface area contributed by atoms with E-state index in [1.54, 1.807) is 12.1 Å². The lowest BCUT2D eigenvalue weighted by molar-refractivity contribution is -0.115. The van der Waals surface area contributed by atoms with E-state index in [1.165, 1.54) is 0 Å². The standard InChI is InChI=1S/C11H15N3O3/c12-11(16)17-7-6-13-8-10(15)14-9-4-2-1-3-5-9/h1-5,13H,6-8H2,(H2,12,16)(H,14,15). The minimum atomic E-state index is -0.819. The number of rotatable bonds is 6. The molecule has 6 heteroatoms. The Balaban J connectivity index is 2.12. The molecule has 0 saturated carbocycles. The largest absolute Gasteiger partial charge is 0.448 e. The van der Waals surface area contributed by atoms with Gasteiger partial charge in [0.1, 0.15) is 6.61 Å². The van der Waals surface area contributed by atoms with Crippen LogP contribution in [0.15, 0.2) is 30.3 Å². The minimum Gasteiger partial charge on any atom is -0.448 e. The minimum absolute atomic E-state index is 0.147. The number of amides is 2. The van der Waals surface area contributed by atoms with Gasteiger partial charge in [0, 0.05) is 12.2 Å². The van der Waals surface area contributed by atoms with Crippen molar-refractivity contribution in [1.29, 1.82) is 0 Å². The summed E-state index contributed by atoms with van der Waals surface area (Å²) in [5.41, 5.74) is 5.51. The van der Waals surface area contributed by atoms with Crippen molar-refractivity contribution in [3.05, 3.63) is 30.3 Å². The molecule has 0 saturated heterocycles. The van der Waals surface area contributed by atoms with E-state index in [-0.39, 0.29) is 19.1 Å². The molecular formula is C11H15N3O3. The molecule has 4 N–H and O–H groups in total. The molecule has 0 unspecified atom stereocenters. The van der Waals surface area contributed by atoms with E-state index in [9.17, 15) is 9.59 Å². The summed E-state index contributed by atoms with van der Waals surface area (Å²) < 4.78 is 4.49. The Bertz CT molecular complexity index is 367. The third-order valence-electron chi connectivity index (χ3n) is 1.87. The second-order valence-corrected chi connectivity index (χ2v) is 3.26. The first kappa shape index (κ1) is 13.0. The van der Waals surface area contributed by atoms with Gasteiger partial charge in [-0.25, -0.2) is 4.79 Å².